The van der Waals surface area contributed by atoms with Crippen molar-refractivity contribution in [1.82, 2.24) is 10.6 Å². The molecule has 146 valence electrons. The zero-order chi connectivity index (χ0) is 20.3. The van der Waals surface area contributed by atoms with Crippen LogP contribution in [0.3, 0.4) is 0 Å². The highest BCUT2D eigenvalue weighted by Crippen LogP contribution is 2.40. The number of halogens is 1. The molecule has 0 fully saturated rings. The van der Waals surface area contributed by atoms with Gasteiger partial charge in [0, 0.05) is 0 Å². The van der Waals surface area contributed by atoms with Crippen LogP contribution < -0.4 is 15.4 Å². The van der Waals surface area contributed by atoms with E-state index in [1.54, 1.807) is 31.2 Å². The Morgan fingerprint density at radius 1 is 1.25 bits per heavy atom. The Kier molecular flexibility index (Phi) is 5.75. The van der Waals surface area contributed by atoms with Crippen molar-refractivity contribution in [3.05, 3.63) is 64.2 Å². The number of phenolic OH excluding ortho intramolecular Hbond substituents is 1. The first kappa shape index (κ1) is 19.6. The van der Waals surface area contributed by atoms with Gasteiger partial charge in [0.15, 0.2) is 11.5 Å². The first-order chi connectivity index (χ1) is 13.5. The van der Waals surface area contributed by atoms with Gasteiger partial charge in [0.2, 0.25) is 0 Å². The number of hydrogen-bond donors (Lipinski definition) is 3. The van der Waals surface area contributed by atoms with Gasteiger partial charge in [0.05, 0.1) is 36.1 Å². The summed E-state index contributed by atoms with van der Waals surface area (Å²) in [5.74, 6) is -0.681. The molecule has 2 amide bonds. The molecule has 2 aromatic carbocycles. The molecular formula is C20H19ClN2O5. The van der Waals surface area contributed by atoms with Crippen LogP contribution in [0.5, 0.6) is 11.5 Å². The minimum absolute atomic E-state index is 0.0339. The number of hydrogen-bond acceptors (Lipinski definition) is 5. The molecule has 1 unspecified atom stereocenters. The Bertz CT molecular complexity index is 943. The molecule has 7 nitrogen and oxygen atoms in total. The maximum atomic E-state index is 12.8. The van der Waals surface area contributed by atoms with Crippen LogP contribution in [0, 0.1) is 0 Å². The number of phenols is 1. The van der Waals surface area contributed by atoms with E-state index in [1.807, 2.05) is 6.07 Å². The predicted octanol–water partition coefficient (Wildman–Crippen LogP) is 3.38. The van der Waals surface area contributed by atoms with Crippen LogP contribution in [0.2, 0.25) is 5.02 Å². The van der Waals surface area contributed by atoms with Gasteiger partial charge in [0.25, 0.3) is 0 Å². The van der Waals surface area contributed by atoms with E-state index in [9.17, 15) is 14.7 Å². The third-order valence-corrected chi connectivity index (χ3v) is 4.52. The fourth-order valence-electron chi connectivity index (χ4n) is 2.99. The number of rotatable bonds is 5. The summed E-state index contributed by atoms with van der Waals surface area (Å²) in [5, 5.41) is 15.4. The molecule has 1 heterocycles. The molecule has 0 radical (unpaired) electrons. The lowest BCUT2D eigenvalue weighted by Gasteiger charge is -2.30. The van der Waals surface area contributed by atoms with Gasteiger partial charge in [-0.3, -0.25) is 0 Å². The molecule has 8 heteroatoms. The molecule has 0 aliphatic carbocycles. The zero-order valence-corrected chi connectivity index (χ0v) is 16.0. The zero-order valence-electron chi connectivity index (χ0n) is 15.3. The van der Waals surface area contributed by atoms with Crippen LogP contribution in [0.15, 0.2) is 48.0 Å². The van der Waals surface area contributed by atoms with Crippen LogP contribution in [0.1, 0.15) is 24.1 Å². The minimum Gasteiger partial charge on any atom is -0.503 e. The highest BCUT2D eigenvalue weighted by molar-refractivity contribution is 6.32. The Morgan fingerprint density at radius 2 is 1.96 bits per heavy atom. The fourth-order valence-corrected chi connectivity index (χ4v) is 3.21. The number of aromatic hydroxyl groups is 1. The fraction of sp³-hybridized carbons (Fsp3) is 0.200. The summed E-state index contributed by atoms with van der Waals surface area (Å²) in [5.41, 5.74) is 1.68. The van der Waals surface area contributed by atoms with Crippen molar-refractivity contribution in [1.29, 1.82) is 0 Å². The van der Waals surface area contributed by atoms with Gasteiger partial charge < -0.3 is 25.2 Å². The molecule has 1 aliphatic heterocycles. The molecule has 28 heavy (non-hydrogen) atoms. The predicted molar refractivity (Wildman–Crippen MR) is 104 cm³/mol. The summed E-state index contributed by atoms with van der Waals surface area (Å²) < 4.78 is 10.4. The van der Waals surface area contributed by atoms with Crippen molar-refractivity contribution in [2.24, 2.45) is 0 Å². The van der Waals surface area contributed by atoms with Crippen molar-refractivity contribution in [2.45, 2.75) is 13.0 Å². The average Bonchev–Trinajstić information content (AvgIpc) is 2.70. The maximum absolute atomic E-state index is 12.8. The Morgan fingerprint density at radius 3 is 2.61 bits per heavy atom. The van der Waals surface area contributed by atoms with E-state index in [0.717, 1.165) is 0 Å². The lowest BCUT2D eigenvalue weighted by molar-refractivity contribution is -0.138. The van der Waals surface area contributed by atoms with Crippen molar-refractivity contribution >= 4 is 29.3 Å². The average molecular weight is 403 g/mol. The maximum Gasteiger partial charge on any atom is 0.338 e. The van der Waals surface area contributed by atoms with Crippen LogP contribution in [0.25, 0.3) is 5.70 Å². The first-order valence-corrected chi connectivity index (χ1v) is 8.94. The number of urea groups is 1. The van der Waals surface area contributed by atoms with Crippen LogP contribution in [-0.2, 0) is 9.53 Å². The molecule has 0 aromatic heterocycles. The quantitative estimate of drug-likeness (QED) is 0.666. The molecule has 2 aromatic rings. The summed E-state index contributed by atoms with van der Waals surface area (Å²) >= 11 is 6.10. The van der Waals surface area contributed by atoms with E-state index in [-0.39, 0.29) is 28.7 Å². The van der Waals surface area contributed by atoms with E-state index in [0.29, 0.717) is 16.8 Å². The van der Waals surface area contributed by atoms with Gasteiger partial charge in [-0.1, -0.05) is 41.9 Å². The van der Waals surface area contributed by atoms with E-state index in [4.69, 9.17) is 21.1 Å². The van der Waals surface area contributed by atoms with E-state index in [2.05, 4.69) is 10.6 Å². The number of benzene rings is 2. The van der Waals surface area contributed by atoms with Crippen molar-refractivity contribution < 1.29 is 24.2 Å². The third-order valence-electron chi connectivity index (χ3n) is 4.23. The number of carbonyl (C=O) groups is 2. The second-order valence-electron chi connectivity index (χ2n) is 5.96. The van der Waals surface area contributed by atoms with E-state index in [1.165, 1.54) is 19.2 Å². The van der Waals surface area contributed by atoms with Crippen molar-refractivity contribution in [3.63, 3.8) is 0 Å². The smallest absolute Gasteiger partial charge is 0.338 e. The second-order valence-corrected chi connectivity index (χ2v) is 6.37. The van der Waals surface area contributed by atoms with Gasteiger partial charge in [-0.15, -0.1) is 0 Å². The Balaban J connectivity index is 2.22. The van der Waals surface area contributed by atoms with Crippen LogP contribution in [0.4, 0.5) is 4.79 Å². The standard InChI is InChI=1S/C20H19ClN2O5/c1-3-28-19(25)15-16(11-7-5-4-6-8-11)22-20(26)23-17(15)12-9-13(21)18(24)14(10-12)27-2/h4-10,17,24H,3H2,1-2H3,(H2,22,23,26). The number of ether oxygens (including phenoxy) is 2. The SMILES string of the molecule is CCOC(=O)C1=C(c2ccccc2)NC(=O)NC1c1cc(Cl)c(O)c(OC)c1. The van der Waals surface area contributed by atoms with Crippen LogP contribution >= 0.6 is 11.6 Å². The van der Waals surface area contributed by atoms with Crippen LogP contribution in [-0.4, -0.2) is 30.8 Å². The molecule has 0 saturated carbocycles. The molecule has 1 aliphatic rings. The van der Waals surface area contributed by atoms with Crippen molar-refractivity contribution in [2.75, 3.05) is 13.7 Å². The largest absolute Gasteiger partial charge is 0.503 e. The Labute approximate surface area is 166 Å². The molecule has 0 spiro atoms. The number of methoxy groups -OCH3 is 1. The number of amides is 2. The van der Waals surface area contributed by atoms with Gasteiger partial charge >= 0.3 is 12.0 Å². The highest BCUT2D eigenvalue weighted by atomic mass is 35.5. The summed E-state index contributed by atoms with van der Waals surface area (Å²) in [4.78, 5) is 25.1. The lowest BCUT2D eigenvalue weighted by atomic mass is 9.92. The number of esters is 1. The molecule has 1 atom stereocenters. The normalized spacial score (nSPS) is 16.2. The summed E-state index contributed by atoms with van der Waals surface area (Å²) in [6.45, 7) is 1.87. The molecule has 0 saturated heterocycles. The second kappa shape index (κ2) is 8.22. The monoisotopic (exact) mass is 402 g/mol. The molecule has 0 bridgehead atoms. The summed E-state index contributed by atoms with van der Waals surface area (Å²) in [6.07, 6.45) is 0. The summed E-state index contributed by atoms with van der Waals surface area (Å²) in [6, 6.07) is 10.6. The lowest BCUT2D eigenvalue weighted by Crippen LogP contribution is -2.45. The topological polar surface area (TPSA) is 96.9 Å². The minimum atomic E-state index is -0.852. The highest BCUT2D eigenvalue weighted by Gasteiger charge is 2.35. The van der Waals surface area contributed by atoms with E-state index >= 15 is 0 Å². The third kappa shape index (κ3) is 3.75. The number of nitrogens with one attached hydrogen (secondary N) is 2. The Hall–Kier alpha value is -3.19. The molecular weight excluding hydrogens is 384 g/mol. The van der Waals surface area contributed by atoms with Gasteiger partial charge in [-0.05, 0) is 30.2 Å². The number of carbonyl (C=O) groups excluding carboxylic acids is 2. The summed E-state index contributed by atoms with van der Waals surface area (Å²) in [7, 11) is 1.38. The van der Waals surface area contributed by atoms with Gasteiger partial charge in [-0.2, -0.15) is 0 Å². The molecule has 3 rings (SSSR count). The van der Waals surface area contributed by atoms with Gasteiger partial charge in [0.1, 0.15) is 0 Å². The molecule has 3 N–H and O–H groups in total. The first-order valence-electron chi connectivity index (χ1n) is 8.56. The van der Waals surface area contributed by atoms with E-state index < -0.39 is 18.0 Å². The van der Waals surface area contributed by atoms with Crippen molar-refractivity contribution in [3.8, 4) is 11.5 Å². The van der Waals surface area contributed by atoms with Gasteiger partial charge in [-0.25, -0.2) is 9.59 Å².